The Kier molecular flexibility index (Phi) is 6.51. The molecule has 0 saturated heterocycles. The Morgan fingerprint density at radius 1 is 1.06 bits per heavy atom. The summed E-state index contributed by atoms with van der Waals surface area (Å²) >= 11 is 6.37. The first-order valence-corrected chi connectivity index (χ1v) is 10.7. The smallest absolute Gasteiger partial charge is 0.273 e. The maximum absolute atomic E-state index is 12.3. The molecule has 4 rings (SSSR count). The molecule has 0 atom stereocenters. The number of nitrogens with one attached hydrogen (secondary N) is 1. The van der Waals surface area contributed by atoms with Gasteiger partial charge in [0.2, 0.25) is 5.91 Å². The highest BCUT2D eigenvalue weighted by Gasteiger charge is 2.16. The Labute approximate surface area is 195 Å². The van der Waals surface area contributed by atoms with Gasteiger partial charge in [0.25, 0.3) is 5.69 Å². The average molecular weight is 461 g/mol. The van der Waals surface area contributed by atoms with E-state index < -0.39 is 10.8 Å². The van der Waals surface area contributed by atoms with Gasteiger partial charge in [0.15, 0.2) is 0 Å². The number of carbonyl (C=O) groups is 1. The molecule has 33 heavy (non-hydrogen) atoms. The van der Waals surface area contributed by atoms with Crippen molar-refractivity contribution in [1.82, 2.24) is 9.99 Å². The number of fused-ring (bicyclic) bond motifs is 1. The lowest BCUT2D eigenvalue weighted by Crippen LogP contribution is -2.20. The van der Waals surface area contributed by atoms with Crippen molar-refractivity contribution in [3.05, 3.63) is 110 Å². The zero-order valence-electron chi connectivity index (χ0n) is 17.9. The van der Waals surface area contributed by atoms with Gasteiger partial charge in [-0.1, -0.05) is 66.2 Å². The SMILES string of the molecule is Cc1c(C=NNC(=O)Cc2ccccc2[N+](=O)[O-])c2ccccc2n1Cc1ccccc1Cl. The van der Waals surface area contributed by atoms with E-state index in [1.54, 1.807) is 24.4 Å². The van der Waals surface area contributed by atoms with Gasteiger partial charge in [-0.2, -0.15) is 5.10 Å². The number of nitro groups is 1. The lowest BCUT2D eigenvalue weighted by atomic mass is 10.1. The summed E-state index contributed by atoms with van der Waals surface area (Å²) in [6.45, 7) is 2.59. The van der Waals surface area contributed by atoms with E-state index in [2.05, 4.69) is 15.1 Å². The second-order valence-corrected chi connectivity index (χ2v) is 7.96. The fraction of sp³-hybridized carbons (Fsp3) is 0.120. The van der Waals surface area contributed by atoms with Gasteiger partial charge >= 0.3 is 0 Å². The number of hydrogen-bond acceptors (Lipinski definition) is 4. The molecule has 1 amide bonds. The van der Waals surface area contributed by atoms with Crippen LogP contribution < -0.4 is 5.43 Å². The first-order valence-electron chi connectivity index (χ1n) is 10.3. The summed E-state index contributed by atoms with van der Waals surface area (Å²) in [6.07, 6.45) is 1.47. The highest BCUT2D eigenvalue weighted by Crippen LogP contribution is 2.27. The molecule has 3 aromatic carbocycles. The minimum Gasteiger partial charge on any atom is -0.340 e. The number of amides is 1. The van der Waals surface area contributed by atoms with Crippen LogP contribution in [-0.4, -0.2) is 21.6 Å². The third kappa shape index (κ3) is 4.78. The molecule has 0 spiro atoms. The van der Waals surface area contributed by atoms with Gasteiger partial charge in [0, 0.05) is 45.4 Å². The van der Waals surface area contributed by atoms with Crippen LogP contribution in [-0.2, 0) is 17.8 Å². The number of hydrogen-bond donors (Lipinski definition) is 1. The van der Waals surface area contributed by atoms with E-state index in [0.717, 1.165) is 27.7 Å². The predicted molar refractivity (Wildman–Crippen MR) is 130 cm³/mol. The van der Waals surface area contributed by atoms with Gasteiger partial charge in [-0.05, 0) is 24.6 Å². The lowest BCUT2D eigenvalue weighted by Gasteiger charge is -2.10. The number of nitrogens with zero attached hydrogens (tertiary/aromatic N) is 3. The maximum Gasteiger partial charge on any atom is 0.273 e. The molecule has 0 aliphatic rings. The second kappa shape index (κ2) is 9.67. The monoisotopic (exact) mass is 460 g/mol. The van der Waals surface area contributed by atoms with E-state index in [1.165, 1.54) is 6.07 Å². The van der Waals surface area contributed by atoms with Crippen molar-refractivity contribution in [2.45, 2.75) is 19.9 Å². The standard InChI is InChI=1S/C25H21ClN4O3/c1-17-21(15-27-28-25(31)14-18-8-3-6-12-23(18)30(32)33)20-10-4-7-13-24(20)29(17)16-19-9-2-5-11-22(19)26/h2-13,15H,14,16H2,1H3,(H,28,31). The van der Waals surface area contributed by atoms with Crippen molar-refractivity contribution in [3.8, 4) is 0 Å². The molecule has 4 aromatic rings. The van der Waals surface area contributed by atoms with Crippen LogP contribution in [0.25, 0.3) is 10.9 Å². The molecule has 166 valence electrons. The van der Waals surface area contributed by atoms with Gasteiger partial charge in [0.05, 0.1) is 17.6 Å². The van der Waals surface area contributed by atoms with Crippen LogP contribution >= 0.6 is 11.6 Å². The molecule has 0 fully saturated rings. The van der Waals surface area contributed by atoms with E-state index in [4.69, 9.17) is 11.6 Å². The number of aromatic nitrogens is 1. The Bertz CT molecular complexity index is 1380. The topological polar surface area (TPSA) is 89.5 Å². The van der Waals surface area contributed by atoms with Crippen molar-refractivity contribution in [3.63, 3.8) is 0 Å². The largest absolute Gasteiger partial charge is 0.340 e. The van der Waals surface area contributed by atoms with Crippen molar-refractivity contribution >= 4 is 40.3 Å². The fourth-order valence-corrected chi connectivity index (χ4v) is 4.04. The molecule has 0 unspecified atom stereocenters. The Hall–Kier alpha value is -3.97. The van der Waals surface area contributed by atoms with Crippen LogP contribution in [0.15, 0.2) is 77.9 Å². The van der Waals surface area contributed by atoms with Gasteiger partial charge < -0.3 is 4.57 Å². The molecule has 1 N–H and O–H groups in total. The Morgan fingerprint density at radius 3 is 2.48 bits per heavy atom. The molecular formula is C25H21ClN4O3. The minimum absolute atomic E-state index is 0.0879. The predicted octanol–water partition coefficient (Wildman–Crippen LogP) is 5.25. The minimum atomic E-state index is -0.497. The molecule has 0 saturated carbocycles. The fourth-order valence-electron chi connectivity index (χ4n) is 3.84. The average Bonchev–Trinajstić information content (AvgIpc) is 3.07. The number of para-hydroxylation sites is 2. The van der Waals surface area contributed by atoms with Crippen molar-refractivity contribution in [1.29, 1.82) is 0 Å². The van der Waals surface area contributed by atoms with Crippen molar-refractivity contribution in [2.24, 2.45) is 5.10 Å². The maximum atomic E-state index is 12.3. The van der Waals surface area contributed by atoms with Gasteiger partial charge in [-0.3, -0.25) is 14.9 Å². The molecule has 1 heterocycles. The lowest BCUT2D eigenvalue weighted by molar-refractivity contribution is -0.385. The number of nitro benzene ring substituents is 1. The zero-order valence-corrected chi connectivity index (χ0v) is 18.6. The van der Waals surface area contributed by atoms with Crippen LogP contribution in [0.1, 0.15) is 22.4 Å². The van der Waals surface area contributed by atoms with Crippen LogP contribution in [0, 0.1) is 17.0 Å². The number of benzene rings is 3. The molecule has 0 aliphatic heterocycles. The van der Waals surface area contributed by atoms with Crippen LogP contribution in [0.2, 0.25) is 5.02 Å². The highest BCUT2D eigenvalue weighted by molar-refractivity contribution is 6.31. The van der Waals surface area contributed by atoms with Crippen molar-refractivity contribution < 1.29 is 9.72 Å². The van der Waals surface area contributed by atoms with Gasteiger partial charge in [-0.15, -0.1) is 0 Å². The number of halogens is 1. The highest BCUT2D eigenvalue weighted by atomic mass is 35.5. The van der Waals surface area contributed by atoms with E-state index in [-0.39, 0.29) is 12.1 Å². The summed E-state index contributed by atoms with van der Waals surface area (Å²) in [4.78, 5) is 23.0. The summed E-state index contributed by atoms with van der Waals surface area (Å²) in [5.41, 5.74) is 6.62. The molecule has 0 aliphatic carbocycles. The molecule has 7 nitrogen and oxygen atoms in total. The molecule has 8 heteroatoms. The Morgan fingerprint density at radius 2 is 1.73 bits per heavy atom. The summed E-state index contributed by atoms with van der Waals surface area (Å²) in [7, 11) is 0. The summed E-state index contributed by atoms with van der Waals surface area (Å²) < 4.78 is 2.16. The zero-order chi connectivity index (χ0) is 23.4. The van der Waals surface area contributed by atoms with Crippen LogP contribution in [0.4, 0.5) is 5.69 Å². The molecule has 1 aromatic heterocycles. The number of hydrazone groups is 1. The second-order valence-electron chi connectivity index (χ2n) is 7.55. The molecular weight excluding hydrogens is 440 g/mol. The van der Waals surface area contributed by atoms with E-state index in [9.17, 15) is 14.9 Å². The van der Waals surface area contributed by atoms with E-state index in [0.29, 0.717) is 17.1 Å². The first kappa shape index (κ1) is 22.2. The molecule has 0 bridgehead atoms. The summed E-state index contributed by atoms with van der Waals surface area (Å²) in [5, 5.41) is 17.0. The third-order valence-corrected chi connectivity index (χ3v) is 5.86. The normalized spacial score (nSPS) is 11.2. The summed E-state index contributed by atoms with van der Waals surface area (Å²) in [6, 6.07) is 21.8. The van der Waals surface area contributed by atoms with Crippen LogP contribution in [0.5, 0.6) is 0 Å². The third-order valence-electron chi connectivity index (χ3n) is 5.49. The van der Waals surface area contributed by atoms with E-state index in [1.807, 2.05) is 55.5 Å². The summed E-state index contributed by atoms with van der Waals surface area (Å²) in [5.74, 6) is -0.432. The quantitative estimate of drug-likeness (QED) is 0.232. The van der Waals surface area contributed by atoms with E-state index >= 15 is 0 Å². The van der Waals surface area contributed by atoms with Crippen molar-refractivity contribution in [2.75, 3.05) is 0 Å². The van der Waals surface area contributed by atoms with Crippen LogP contribution in [0.3, 0.4) is 0 Å². The number of carbonyl (C=O) groups excluding carboxylic acids is 1. The number of rotatable bonds is 7. The van der Waals surface area contributed by atoms with Gasteiger partial charge in [-0.25, -0.2) is 5.43 Å². The molecule has 0 radical (unpaired) electrons. The Balaban J connectivity index is 1.57. The van der Waals surface area contributed by atoms with Gasteiger partial charge in [0.1, 0.15) is 0 Å². The first-order chi connectivity index (χ1) is 16.0.